The molecule has 0 spiro atoms. The monoisotopic (exact) mass is 301 g/mol. The first-order valence-corrected chi connectivity index (χ1v) is 7.83. The lowest BCUT2D eigenvalue weighted by molar-refractivity contribution is 0.540. The van der Waals surface area contributed by atoms with Crippen molar-refractivity contribution in [3.8, 4) is 0 Å². The molecular formula is C13H20BrNS. The van der Waals surface area contributed by atoms with Crippen molar-refractivity contribution in [3.63, 3.8) is 0 Å². The Balaban J connectivity index is 2.53. The number of hydrogen-bond donors (Lipinski definition) is 1. The summed E-state index contributed by atoms with van der Waals surface area (Å²) in [6, 6.07) is 7.14. The molecular weight excluding hydrogens is 282 g/mol. The van der Waals surface area contributed by atoms with E-state index >= 15 is 0 Å². The van der Waals surface area contributed by atoms with Crippen LogP contribution < -0.4 is 5.32 Å². The quantitative estimate of drug-likeness (QED) is 0.853. The van der Waals surface area contributed by atoms with Crippen LogP contribution in [0.5, 0.6) is 0 Å². The van der Waals surface area contributed by atoms with E-state index in [2.05, 4.69) is 59.5 Å². The molecule has 0 aliphatic rings. The van der Waals surface area contributed by atoms with Gasteiger partial charge in [-0.2, -0.15) is 11.8 Å². The summed E-state index contributed by atoms with van der Waals surface area (Å²) in [5.74, 6) is 1.18. The third-order valence-corrected chi connectivity index (χ3v) is 4.12. The third kappa shape index (κ3) is 4.48. The fraction of sp³-hybridized carbons (Fsp3) is 0.538. The molecule has 1 atom stereocenters. The van der Waals surface area contributed by atoms with E-state index in [4.69, 9.17) is 0 Å². The number of nitrogens with one attached hydrogen (secondary N) is 1. The Morgan fingerprint density at radius 3 is 2.75 bits per heavy atom. The molecule has 1 N–H and O–H groups in total. The lowest BCUT2D eigenvalue weighted by atomic mass is 10.1. The zero-order valence-corrected chi connectivity index (χ0v) is 12.6. The van der Waals surface area contributed by atoms with Gasteiger partial charge in [0.1, 0.15) is 0 Å². The van der Waals surface area contributed by atoms with Crippen molar-refractivity contribution in [2.45, 2.75) is 32.9 Å². The van der Waals surface area contributed by atoms with Gasteiger partial charge in [0.05, 0.1) is 0 Å². The Morgan fingerprint density at radius 2 is 2.19 bits per heavy atom. The van der Waals surface area contributed by atoms with Gasteiger partial charge < -0.3 is 5.32 Å². The number of aryl methyl sites for hydroxylation is 1. The van der Waals surface area contributed by atoms with Crippen LogP contribution >= 0.6 is 27.7 Å². The summed E-state index contributed by atoms with van der Waals surface area (Å²) in [6.45, 7) is 5.29. The average molecular weight is 302 g/mol. The molecule has 0 aliphatic carbocycles. The lowest BCUT2D eigenvalue weighted by Crippen LogP contribution is -2.30. The summed E-state index contributed by atoms with van der Waals surface area (Å²) in [4.78, 5) is 0. The highest BCUT2D eigenvalue weighted by atomic mass is 79.9. The van der Waals surface area contributed by atoms with E-state index in [0.717, 1.165) is 6.54 Å². The molecule has 3 heteroatoms. The number of rotatable bonds is 6. The summed E-state index contributed by atoms with van der Waals surface area (Å²) < 4.78 is 1.21. The van der Waals surface area contributed by atoms with Gasteiger partial charge in [-0.25, -0.2) is 0 Å². The van der Waals surface area contributed by atoms with Gasteiger partial charge in [-0.15, -0.1) is 0 Å². The Hall–Kier alpha value is 0.01000. The molecule has 16 heavy (non-hydrogen) atoms. The van der Waals surface area contributed by atoms with Crippen molar-refractivity contribution in [3.05, 3.63) is 33.8 Å². The van der Waals surface area contributed by atoms with E-state index < -0.39 is 0 Å². The Labute approximate surface area is 112 Å². The molecule has 0 aromatic heterocycles. The maximum Gasteiger partial charge on any atom is 0.0222 e. The van der Waals surface area contributed by atoms with Crippen LogP contribution in [0.4, 0.5) is 0 Å². The molecule has 0 fully saturated rings. The van der Waals surface area contributed by atoms with Crippen molar-refractivity contribution < 1.29 is 0 Å². The Morgan fingerprint density at radius 1 is 1.44 bits per heavy atom. The van der Waals surface area contributed by atoms with E-state index in [0.29, 0.717) is 6.04 Å². The molecule has 0 radical (unpaired) electrons. The smallest absolute Gasteiger partial charge is 0.0222 e. The minimum atomic E-state index is 0.614. The molecule has 1 unspecified atom stereocenters. The van der Waals surface area contributed by atoms with Crippen LogP contribution in [0, 0.1) is 6.92 Å². The maximum absolute atomic E-state index is 3.61. The summed E-state index contributed by atoms with van der Waals surface area (Å²) in [7, 11) is 0. The van der Waals surface area contributed by atoms with Crippen LogP contribution in [0.2, 0.25) is 0 Å². The maximum atomic E-state index is 3.61. The van der Waals surface area contributed by atoms with Crippen molar-refractivity contribution in [1.82, 2.24) is 5.32 Å². The van der Waals surface area contributed by atoms with Crippen LogP contribution in [-0.2, 0) is 6.54 Å². The topological polar surface area (TPSA) is 12.0 Å². The summed E-state index contributed by atoms with van der Waals surface area (Å²) in [5, 5.41) is 3.60. The van der Waals surface area contributed by atoms with Gasteiger partial charge in [0, 0.05) is 22.8 Å². The number of hydrogen-bond acceptors (Lipinski definition) is 2. The second-order valence-electron chi connectivity index (χ2n) is 4.04. The van der Waals surface area contributed by atoms with Crippen LogP contribution in [-0.4, -0.2) is 18.1 Å². The summed E-state index contributed by atoms with van der Waals surface area (Å²) >= 11 is 5.51. The molecule has 0 amide bonds. The minimum Gasteiger partial charge on any atom is -0.309 e. The first-order chi connectivity index (χ1) is 7.67. The van der Waals surface area contributed by atoms with Gasteiger partial charge in [-0.05, 0) is 36.8 Å². The molecule has 90 valence electrons. The van der Waals surface area contributed by atoms with Gasteiger partial charge in [-0.1, -0.05) is 35.0 Å². The van der Waals surface area contributed by atoms with Crippen LogP contribution in [0.3, 0.4) is 0 Å². The Bertz CT molecular complexity index is 328. The van der Waals surface area contributed by atoms with E-state index in [1.54, 1.807) is 0 Å². The Kier molecular flexibility index (Phi) is 6.47. The van der Waals surface area contributed by atoms with Gasteiger partial charge in [0.2, 0.25) is 0 Å². The van der Waals surface area contributed by atoms with Gasteiger partial charge in [0.25, 0.3) is 0 Å². The van der Waals surface area contributed by atoms with Crippen LogP contribution in [0.15, 0.2) is 22.7 Å². The highest BCUT2D eigenvalue weighted by Crippen LogP contribution is 2.18. The zero-order valence-electron chi connectivity index (χ0n) is 10.2. The molecule has 0 heterocycles. The number of benzene rings is 1. The largest absolute Gasteiger partial charge is 0.309 e. The van der Waals surface area contributed by atoms with Crippen molar-refractivity contribution in [2.24, 2.45) is 0 Å². The summed E-state index contributed by atoms with van der Waals surface area (Å²) in [6.07, 6.45) is 3.34. The molecule has 1 aromatic carbocycles. The van der Waals surface area contributed by atoms with E-state index in [1.165, 1.54) is 27.8 Å². The van der Waals surface area contributed by atoms with Gasteiger partial charge in [-0.3, -0.25) is 0 Å². The second-order valence-corrected chi connectivity index (χ2v) is 5.80. The summed E-state index contributed by atoms with van der Waals surface area (Å²) in [5.41, 5.74) is 2.64. The highest BCUT2D eigenvalue weighted by molar-refractivity contribution is 9.10. The molecule has 0 aliphatic heterocycles. The average Bonchev–Trinajstić information content (AvgIpc) is 2.26. The van der Waals surface area contributed by atoms with Gasteiger partial charge >= 0.3 is 0 Å². The number of halogens is 1. The van der Waals surface area contributed by atoms with Crippen molar-refractivity contribution in [2.75, 3.05) is 12.0 Å². The van der Waals surface area contributed by atoms with E-state index in [9.17, 15) is 0 Å². The molecule has 1 rings (SSSR count). The first kappa shape index (κ1) is 14.1. The minimum absolute atomic E-state index is 0.614. The van der Waals surface area contributed by atoms with E-state index in [-0.39, 0.29) is 0 Å². The van der Waals surface area contributed by atoms with Crippen molar-refractivity contribution >= 4 is 27.7 Å². The molecule has 1 aromatic rings. The normalized spacial score (nSPS) is 12.8. The second kappa shape index (κ2) is 7.36. The molecule has 0 saturated heterocycles. The predicted molar refractivity (Wildman–Crippen MR) is 78.2 cm³/mol. The van der Waals surface area contributed by atoms with E-state index in [1.807, 2.05) is 11.8 Å². The number of thioether (sulfide) groups is 1. The standard InChI is InChI=1S/C13H20BrNS/c1-4-12(9-16-3)15-8-11-6-5-10(2)7-13(11)14/h5-7,12,15H,4,8-9H2,1-3H3. The molecule has 0 bridgehead atoms. The zero-order chi connectivity index (χ0) is 12.0. The van der Waals surface area contributed by atoms with Crippen LogP contribution in [0.1, 0.15) is 24.5 Å². The fourth-order valence-electron chi connectivity index (χ4n) is 1.57. The SMILES string of the molecule is CCC(CSC)NCc1ccc(C)cc1Br. The highest BCUT2D eigenvalue weighted by Gasteiger charge is 2.06. The van der Waals surface area contributed by atoms with Crippen LogP contribution in [0.25, 0.3) is 0 Å². The first-order valence-electron chi connectivity index (χ1n) is 5.64. The van der Waals surface area contributed by atoms with Gasteiger partial charge in [0.15, 0.2) is 0 Å². The third-order valence-electron chi connectivity index (χ3n) is 2.65. The molecule has 0 saturated carbocycles. The predicted octanol–water partition coefficient (Wildman–Crippen LogP) is 3.99. The fourth-order valence-corrected chi connectivity index (χ4v) is 2.96. The lowest BCUT2D eigenvalue weighted by Gasteiger charge is -2.16. The van der Waals surface area contributed by atoms with Crippen molar-refractivity contribution in [1.29, 1.82) is 0 Å². The molecule has 1 nitrogen and oxygen atoms in total.